The molecule has 2 aromatic rings. The van der Waals surface area contributed by atoms with Gasteiger partial charge in [0.05, 0.1) is 5.52 Å². The van der Waals surface area contributed by atoms with Crippen LogP contribution in [-0.2, 0) is 6.42 Å². The molecular formula is C13H15BrN2. The number of aryl methyl sites for hydroxylation is 2. The zero-order valence-electron chi connectivity index (χ0n) is 9.55. The van der Waals surface area contributed by atoms with Gasteiger partial charge < -0.3 is 5.73 Å². The summed E-state index contributed by atoms with van der Waals surface area (Å²) < 4.78 is 1.08. The topological polar surface area (TPSA) is 38.9 Å². The molecule has 0 fully saturated rings. The van der Waals surface area contributed by atoms with Gasteiger partial charge in [0.2, 0.25) is 0 Å². The molecular weight excluding hydrogens is 264 g/mol. The predicted molar refractivity (Wildman–Crippen MR) is 72.6 cm³/mol. The van der Waals surface area contributed by atoms with E-state index in [0.717, 1.165) is 34.0 Å². The summed E-state index contributed by atoms with van der Waals surface area (Å²) in [7, 11) is 0. The van der Waals surface area contributed by atoms with Crippen LogP contribution < -0.4 is 5.73 Å². The molecule has 0 bridgehead atoms. The maximum absolute atomic E-state index is 5.97. The summed E-state index contributed by atoms with van der Waals surface area (Å²) >= 11 is 3.51. The Kier molecular flexibility index (Phi) is 3.15. The number of hydrogen-bond donors (Lipinski definition) is 1. The summed E-state index contributed by atoms with van der Waals surface area (Å²) in [5.74, 6) is 0.663. The van der Waals surface area contributed by atoms with E-state index in [0.29, 0.717) is 5.82 Å². The van der Waals surface area contributed by atoms with Gasteiger partial charge in [-0.1, -0.05) is 35.3 Å². The third-order valence-electron chi connectivity index (χ3n) is 2.81. The first kappa shape index (κ1) is 11.4. The van der Waals surface area contributed by atoms with Gasteiger partial charge in [0.25, 0.3) is 0 Å². The average Bonchev–Trinajstić information content (AvgIpc) is 2.26. The number of pyridine rings is 1. The first-order chi connectivity index (χ1) is 7.63. The van der Waals surface area contributed by atoms with Crippen molar-refractivity contribution in [3.05, 3.63) is 33.8 Å². The number of nitrogens with two attached hydrogens (primary N) is 1. The summed E-state index contributed by atoms with van der Waals surface area (Å²) in [4.78, 5) is 4.50. The van der Waals surface area contributed by atoms with Crippen LogP contribution in [0.5, 0.6) is 0 Å². The van der Waals surface area contributed by atoms with E-state index < -0.39 is 0 Å². The summed E-state index contributed by atoms with van der Waals surface area (Å²) in [5, 5.41) is 1.17. The quantitative estimate of drug-likeness (QED) is 0.907. The Labute approximate surface area is 104 Å². The minimum absolute atomic E-state index is 0.663. The molecule has 16 heavy (non-hydrogen) atoms. The molecule has 0 atom stereocenters. The Morgan fingerprint density at radius 2 is 2.12 bits per heavy atom. The lowest BCUT2D eigenvalue weighted by Crippen LogP contribution is -1.99. The molecule has 0 saturated carbocycles. The molecule has 0 radical (unpaired) electrons. The number of nitrogen functional groups attached to an aromatic ring is 1. The normalized spacial score (nSPS) is 10.9. The Morgan fingerprint density at radius 1 is 1.38 bits per heavy atom. The molecule has 84 valence electrons. The van der Waals surface area contributed by atoms with Gasteiger partial charge in [-0.15, -0.1) is 0 Å². The second-order valence-electron chi connectivity index (χ2n) is 4.03. The van der Waals surface area contributed by atoms with Gasteiger partial charge in [-0.05, 0) is 36.6 Å². The third-order valence-corrected chi connectivity index (χ3v) is 3.67. The highest BCUT2D eigenvalue weighted by molar-refractivity contribution is 9.10. The largest absolute Gasteiger partial charge is 0.383 e. The highest BCUT2D eigenvalue weighted by Crippen LogP contribution is 2.27. The van der Waals surface area contributed by atoms with E-state index in [9.17, 15) is 0 Å². The summed E-state index contributed by atoms with van der Waals surface area (Å²) in [5.41, 5.74) is 9.25. The number of halogens is 1. The molecule has 2 nitrogen and oxygen atoms in total. The fraction of sp³-hybridized carbons (Fsp3) is 0.308. The highest BCUT2D eigenvalue weighted by Gasteiger charge is 2.07. The van der Waals surface area contributed by atoms with Gasteiger partial charge in [0.15, 0.2) is 0 Å². The van der Waals surface area contributed by atoms with Crippen molar-refractivity contribution >= 4 is 32.7 Å². The van der Waals surface area contributed by atoms with Gasteiger partial charge in [-0.3, -0.25) is 0 Å². The van der Waals surface area contributed by atoms with E-state index in [1.54, 1.807) is 0 Å². The van der Waals surface area contributed by atoms with Crippen molar-refractivity contribution in [3.63, 3.8) is 0 Å². The van der Waals surface area contributed by atoms with Crippen LogP contribution in [0.4, 0.5) is 5.82 Å². The maximum atomic E-state index is 5.97. The SMILES string of the molecule is CCCc1cc2ccc(Br)c(C)c2nc1N. The molecule has 1 heterocycles. The lowest BCUT2D eigenvalue weighted by Gasteiger charge is -2.08. The van der Waals surface area contributed by atoms with Gasteiger partial charge >= 0.3 is 0 Å². The van der Waals surface area contributed by atoms with Crippen LogP contribution in [0.3, 0.4) is 0 Å². The Balaban J connectivity index is 2.69. The van der Waals surface area contributed by atoms with E-state index in [1.807, 2.05) is 0 Å². The molecule has 0 amide bonds. The van der Waals surface area contributed by atoms with Gasteiger partial charge in [0, 0.05) is 9.86 Å². The number of benzene rings is 1. The zero-order valence-corrected chi connectivity index (χ0v) is 11.1. The number of anilines is 1. The molecule has 2 rings (SSSR count). The van der Waals surface area contributed by atoms with Crippen molar-refractivity contribution in [2.45, 2.75) is 26.7 Å². The molecule has 0 spiro atoms. The van der Waals surface area contributed by atoms with Crippen LogP contribution in [-0.4, -0.2) is 4.98 Å². The number of hydrogen-bond acceptors (Lipinski definition) is 2. The molecule has 1 aromatic carbocycles. The van der Waals surface area contributed by atoms with Gasteiger partial charge in [-0.2, -0.15) is 0 Å². The molecule has 0 unspecified atom stereocenters. The molecule has 0 saturated heterocycles. The standard InChI is InChI=1S/C13H15BrN2/c1-3-4-10-7-9-5-6-11(14)8(2)12(9)16-13(10)15/h5-7H,3-4H2,1-2H3,(H2,15,16). The van der Waals surface area contributed by atoms with Gasteiger partial charge in [-0.25, -0.2) is 4.98 Å². The second-order valence-corrected chi connectivity index (χ2v) is 4.88. The van der Waals surface area contributed by atoms with Crippen molar-refractivity contribution in [2.24, 2.45) is 0 Å². The summed E-state index contributed by atoms with van der Waals surface area (Å²) in [6.45, 7) is 4.20. The van der Waals surface area contributed by atoms with Gasteiger partial charge in [0.1, 0.15) is 5.82 Å². The van der Waals surface area contributed by atoms with Crippen LogP contribution in [0.1, 0.15) is 24.5 Å². The zero-order chi connectivity index (χ0) is 11.7. The molecule has 0 aliphatic carbocycles. The van der Waals surface area contributed by atoms with Crippen molar-refractivity contribution in [2.75, 3.05) is 5.73 Å². The smallest absolute Gasteiger partial charge is 0.127 e. The number of aromatic nitrogens is 1. The van der Waals surface area contributed by atoms with E-state index in [-0.39, 0.29) is 0 Å². The summed E-state index contributed by atoms with van der Waals surface area (Å²) in [6.07, 6.45) is 2.08. The van der Waals surface area contributed by atoms with E-state index in [2.05, 4.69) is 53.0 Å². The Morgan fingerprint density at radius 3 is 2.81 bits per heavy atom. The number of rotatable bonds is 2. The van der Waals surface area contributed by atoms with Crippen LogP contribution in [0.15, 0.2) is 22.7 Å². The summed E-state index contributed by atoms with van der Waals surface area (Å²) in [6, 6.07) is 6.30. The van der Waals surface area contributed by atoms with Crippen molar-refractivity contribution in [1.29, 1.82) is 0 Å². The fourth-order valence-corrected chi connectivity index (χ4v) is 2.20. The molecule has 0 aliphatic heterocycles. The second kappa shape index (κ2) is 4.42. The molecule has 0 aliphatic rings. The number of fused-ring (bicyclic) bond motifs is 1. The lowest BCUT2D eigenvalue weighted by molar-refractivity contribution is 0.921. The number of nitrogens with zero attached hydrogens (tertiary/aromatic N) is 1. The van der Waals surface area contributed by atoms with Crippen LogP contribution in [0.2, 0.25) is 0 Å². The van der Waals surface area contributed by atoms with Crippen molar-refractivity contribution in [1.82, 2.24) is 4.98 Å². The Bertz CT molecular complexity index is 535. The maximum Gasteiger partial charge on any atom is 0.127 e. The molecule has 1 aromatic heterocycles. The van der Waals surface area contributed by atoms with E-state index in [1.165, 1.54) is 5.39 Å². The third kappa shape index (κ3) is 1.92. The monoisotopic (exact) mass is 278 g/mol. The first-order valence-corrected chi connectivity index (χ1v) is 6.27. The molecule has 2 N–H and O–H groups in total. The van der Waals surface area contributed by atoms with E-state index in [4.69, 9.17) is 5.73 Å². The average molecular weight is 279 g/mol. The first-order valence-electron chi connectivity index (χ1n) is 5.47. The lowest BCUT2D eigenvalue weighted by atomic mass is 10.1. The van der Waals surface area contributed by atoms with Crippen LogP contribution >= 0.6 is 15.9 Å². The highest BCUT2D eigenvalue weighted by atomic mass is 79.9. The van der Waals surface area contributed by atoms with Crippen molar-refractivity contribution < 1.29 is 0 Å². The fourth-order valence-electron chi connectivity index (χ4n) is 1.88. The predicted octanol–water partition coefficient (Wildman–Crippen LogP) is 3.84. The minimum atomic E-state index is 0.663. The Hall–Kier alpha value is -1.09. The molecule has 3 heteroatoms. The van der Waals surface area contributed by atoms with Crippen LogP contribution in [0, 0.1) is 6.92 Å². The van der Waals surface area contributed by atoms with Crippen LogP contribution in [0.25, 0.3) is 10.9 Å². The minimum Gasteiger partial charge on any atom is -0.383 e. The van der Waals surface area contributed by atoms with Crippen molar-refractivity contribution in [3.8, 4) is 0 Å². The van der Waals surface area contributed by atoms with E-state index >= 15 is 0 Å².